The summed E-state index contributed by atoms with van der Waals surface area (Å²) in [6, 6.07) is 9.90. The summed E-state index contributed by atoms with van der Waals surface area (Å²) < 4.78 is 92.9. The van der Waals surface area contributed by atoms with Crippen molar-refractivity contribution in [1.82, 2.24) is 14.9 Å². The Bertz CT molecular complexity index is 1990. The van der Waals surface area contributed by atoms with E-state index in [1.165, 1.54) is 37.3 Å². The number of alkyl halides is 6. The summed E-state index contributed by atoms with van der Waals surface area (Å²) in [4.78, 5) is 36.6. The van der Waals surface area contributed by atoms with E-state index in [0.29, 0.717) is 58.7 Å². The van der Waals surface area contributed by atoms with Gasteiger partial charge in [-0.3, -0.25) is 4.90 Å². The highest BCUT2D eigenvalue weighted by Gasteiger charge is 2.44. The number of ether oxygens (including phenoxy) is 2. The topological polar surface area (TPSA) is 125 Å². The van der Waals surface area contributed by atoms with Gasteiger partial charge in [-0.05, 0) is 78.6 Å². The third-order valence-corrected chi connectivity index (χ3v) is 9.02. The molecule has 0 saturated carbocycles. The number of carbonyl (C=O) groups excluding carboxylic acids is 1. The molecule has 2 N–H and O–H groups in total. The third-order valence-electron chi connectivity index (χ3n) is 9.02. The van der Waals surface area contributed by atoms with Crippen molar-refractivity contribution in [1.29, 1.82) is 0 Å². The highest BCUT2D eigenvalue weighted by molar-refractivity contribution is 5.89. The van der Waals surface area contributed by atoms with Crippen LogP contribution in [-0.4, -0.2) is 63.1 Å². The standard InChI is InChI=1S/C35H30F6N4O6/c1-17-10-20(31(47)48)4-6-24(17)19-5-7-28(50-3)25(13-19)26-15-42-32(44-9-8-29(44)46)43-27(26)16-45-18(2)30(51-33(45)49)21-11-22(34(36,37)38)14-23(12-21)35(39,40)41/h4-7,10-15,18,29-30,46H,8-9,16H2,1-3H3,(H,47,48)/t18-,29?,30-/m0/s1. The summed E-state index contributed by atoms with van der Waals surface area (Å²) in [5.74, 6) is -0.578. The highest BCUT2D eigenvalue weighted by atomic mass is 19.4. The van der Waals surface area contributed by atoms with Gasteiger partial charge in [-0.2, -0.15) is 26.3 Å². The average Bonchev–Trinajstić information content (AvgIpc) is 3.35. The number of nitrogens with zero attached hydrogens (tertiary/aromatic N) is 4. The maximum Gasteiger partial charge on any atom is 0.416 e. The van der Waals surface area contributed by atoms with Gasteiger partial charge in [0.25, 0.3) is 0 Å². The van der Waals surface area contributed by atoms with Crippen molar-refractivity contribution in [2.45, 2.75) is 57.5 Å². The fourth-order valence-corrected chi connectivity index (χ4v) is 6.17. The Balaban J connectivity index is 1.42. The van der Waals surface area contributed by atoms with Crippen LogP contribution in [0, 0.1) is 6.92 Å². The number of benzene rings is 3. The summed E-state index contributed by atoms with van der Waals surface area (Å²) >= 11 is 0. The predicted molar refractivity (Wildman–Crippen MR) is 170 cm³/mol. The predicted octanol–water partition coefficient (Wildman–Crippen LogP) is 7.47. The molecular formula is C35H30F6N4O6. The molecule has 4 aromatic rings. The van der Waals surface area contributed by atoms with E-state index in [0.717, 1.165) is 4.90 Å². The maximum atomic E-state index is 13.6. The fourth-order valence-electron chi connectivity index (χ4n) is 6.17. The van der Waals surface area contributed by atoms with E-state index in [2.05, 4.69) is 9.97 Å². The third kappa shape index (κ3) is 6.87. The van der Waals surface area contributed by atoms with Crippen LogP contribution in [0.1, 0.15) is 57.8 Å². The number of methoxy groups -OCH3 is 1. The lowest BCUT2D eigenvalue weighted by molar-refractivity contribution is -0.143. The molecule has 10 nitrogen and oxygen atoms in total. The van der Waals surface area contributed by atoms with Crippen LogP contribution in [0.15, 0.2) is 60.8 Å². The Morgan fingerprint density at radius 2 is 1.67 bits per heavy atom. The van der Waals surface area contributed by atoms with Gasteiger partial charge in [-0.25, -0.2) is 19.6 Å². The second kappa shape index (κ2) is 13.1. The number of carbonyl (C=O) groups is 2. The summed E-state index contributed by atoms with van der Waals surface area (Å²) in [5.41, 5.74) is -0.335. The van der Waals surface area contributed by atoms with Crippen molar-refractivity contribution in [3.8, 4) is 28.0 Å². The van der Waals surface area contributed by atoms with Crippen LogP contribution in [0.3, 0.4) is 0 Å². The van der Waals surface area contributed by atoms with E-state index in [1.54, 1.807) is 31.2 Å². The number of aromatic nitrogens is 2. The summed E-state index contributed by atoms with van der Waals surface area (Å²) in [7, 11) is 1.44. The number of rotatable bonds is 8. The van der Waals surface area contributed by atoms with Gasteiger partial charge in [0, 0.05) is 30.3 Å². The normalized spacial score (nSPS) is 19.2. The highest BCUT2D eigenvalue weighted by Crippen LogP contribution is 2.43. The van der Waals surface area contributed by atoms with Crippen LogP contribution in [0.5, 0.6) is 5.75 Å². The molecule has 2 fully saturated rings. The average molecular weight is 717 g/mol. The number of halogens is 6. The Hall–Kier alpha value is -5.38. The molecule has 0 radical (unpaired) electrons. The van der Waals surface area contributed by atoms with Crippen molar-refractivity contribution in [2.75, 3.05) is 18.6 Å². The van der Waals surface area contributed by atoms with Crippen LogP contribution < -0.4 is 9.64 Å². The molecule has 16 heteroatoms. The fraction of sp³-hybridized carbons (Fsp3) is 0.314. The van der Waals surface area contributed by atoms with Gasteiger partial charge in [-0.15, -0.1) is 0 Å². The van der Waals surface area contributed by atoms with Gasteiger partial charge in [-0.1, -0.05) is 12.1 Å². The van der Waals surface area contributed by atoms with E-state index in [-0.39, 0.29) is 29.8 Å². The zero-order valence-electron chi connectivity index (χ0n) is 27.2. The SMILES string of the molecule is COc1ccc(-c2ccc(C(=O)O)cc2C)cc1-c1cnc(N2CCC2O)nc1CN1C(=O)O[C@H](c2cc(C(F)(F)F)cc(C(F)(F)F)c2)[C@@H]1C. The molecular weight excluding hydrogens is 686 g/mol. The van der Waals surface area contributed by atoms with Crippen LogP contribution in [-0.2, 0) is 23.6 Å². The molecule has 1 amide bonds. The molecule has 0 spiro atoms. The molecule has 51 heavy (non-hydrogen) atoms. The zero-order chi connectivity index (χ0) is 37.0. The van der Waals surface area contributed by atoms with Crippen molar-refractivity contribution in [3.63, 3.8) is 0 Å². The number of carboxylic acids is 1. The molecule has 0 bridgehead atoms. The van der Waals surface area contributed by atoms with Crippen molar-refractivity contribution >= 4 is 18.0 Å². The number of aromatic carboxylic acids is 1. The van der Waals surface area contributed by atoms with Crippen LogP contribution in [0.2, 0.25) is 0 Å². The molecule has 2 saturated heterocycles. The molecule has 2 aliphatic rings. The van der Waals surface area contributed by atoms with E-state index in [4.69, 9.17) is 9.47 Å². The van der Waals surface area contributed by atoms with Gasteiger partial charge < -0.3 is 24.6 Å². The number of hydrogen-bond acceptors (Lipinski definition) is 8. The largest absolute Gasteiger partial charge is 0.496 e. The lowest BCUT2D eigenvalue weighted by atomic mass is 9.94. The molecule has 3 atom stereocenters. The van der Waals surface area contributed by atoms with E-state index in [1.807, 2.05) is 0 Å². The Morgan fingerprint density at radius 3 is 2.22 bits per heavy atom. The van der Waals surface area contributed by atoms with E-state index >= 15 is 0 Å². The molecule has 268 valence electrons. The van der Waals surface area contributed by atoms with Gasteiger partial charge >= 0.3 is 24.4 Å². The minimum atomic E-state index is -5.10. The summed E-state index contributed by atoms with van der Waals surface area (Å²) in [5, 5.41) is 19.7. The van der Waals surface area contributed by atoms with Gasteiger partial charge in [0.2, 0.25) is 5.95 Å². The minimum Gasteiger partial charge on any atom is -0.496 e. The van der Waals surface area contributed by atoms with E-state index in [9.17, 15) is 46.1 Å². The van der Waals surface area contributed by atoms with E-state index < -0.39 is 59.5 Å². The second-order valence-electron chi connectivity index (χ2n) is 12.3. The smallest absolute Gasteiger partial charge is 0.416 e. The zero-order valence-corrected chi connectivity index (χ0v) is 27.2. The van der Waals surface area contributed by atoms with Crippen molar-refractivity contribution in [2.24, 2.45) is 0 Å². The number of hydrogen-bond donors (Lipinski definition) is 2. The summed E-state index contributed by atoms with van der Waals surface area (Å²) in [6.45, 7) is 3.32. The minimum absolute atomic E-state index is 0.00508. The molecule has 3 heterocycles. The lowest BCUT2D eigenvalue weighted by Crippen LogP contribution is -2.48. The number of aliphatic hydroxyl groups is 1. The van der Waals surface area contributed by atoms with Crippen molar-refractivity contribution in [3.05, 3.63) is 94.3 Å². The van der Waals surface area contributed by atoms with Crippen LogP contribution >= 0.6 is 0 Å². The first-order valence-electron chi connectivity index (χ1n) is 15.6. The Morgan fingerprint density at radius 1 is 0.980 bits per heavy atom. The van der Waals surface area contributed by atoms with Gasteiger partial charge in [0.15, 0.2) is 0 Å². The first kappa shape index (κ1) is 35.4. The van der Waals surface area contributed by atoms with Crippen molar-refractivity contribution < 1.29 is 55.6 Å². The molecule has 0 aliphatic carbocycles. The second-order valence-corrected chi connectivity index (χ2v) is 12.3. The molecule has 2 aliphatic heterocycles. The van der Waals surface area contributed by atoms with Crippen LogP contribution in [0.4, 0.5) is 37.1 Å². The quantitative estimate of drug-likeness (QED) is 0.179. The molecule has 1 unspecified atom stereocenters. The Kier molecular flexibility index (Phi) is 9.08. The molecule has 6 rings (SSSR count). The number of anilines is 1. The lowest BCUT2D eigenvalue weighted by Gasteiger charge is -2.37. The number of carboxylic acid groups (broad SMARTS) is 1. The summed E-state index contributed by atoms with van der Waals surface area (Å²) in [6.07, 6.45) is -11.6. The van der Waals surface area contributed by atoms with Gasteiger partial charge in [0.1, 0.15) is 18.1 Å². The van der Waals surface area contributed by atoms with Gasteiger partial charge in [0.05, 0.1) is 42.1 Å². The number of aliphatic hydroxyl groups excluding tert-OH is 1. The first-order chi connectivity index (χ1) is 24.0. The monoisotopic (exact) mass is 716 g/mol. The number of cyclic esters (lactones) is 1. The number of aryl methyl sites for hydroxylation is 1. The first-order valence-corrected chi connectivity index (χ1v) is 15.6. The Labute approximate surface area is 286 Å². The van der Waals surface area contributed by atoms with Crippen LogP contribution in [0.25, 0.3) is 22.3 Å². The molecule has 1 aromatic heterocycles. The molecule has 3 aromatic carbocycles. The number of amides is 1. The maximum absolute atomic E-state index is 13.6.